The van der Waals surface area contributed by atoms with E-state index >= 15 is 0 Å². The van der Waals surface area contributed by atoms with Gasteiger partial charge < -0.3 is 0 Å². The van der Waals surface area contributed by atoms with Crippen LogP contribution in [-0.2, 0) is 4.79 Å². The first kappa shape index (κ1) is 11.3. The molecule has 0 aliphatic rings. The predicted octanol–water partition coefficient (Wildman–Crippen LogP) is 3.13. The molecule has 0 unspecified atom stereocenters. The van der Waals surface area contributed by atoms with Crippen molar-refractivity contribution in [2.24, 2.45) is 0 Å². The molecule has 0 atom stereocenters. The van der Waals surface area contributed by atoms with Crippen LogP contribution in [0.15, 0.2) is 54.6 Å². The third-order valence-corrected chi connectivity index (χ3v) is 2.57. The molecule has 17 heavy (non-hydrogen) atoms. The Kier molecular flexibility index (Phi) is 3.15. The first-order valence-electron chi connectivity index (χ1n) is 5.39. The predicted molar refractivity (Wildman–Crippen MR) is 66.9 cm³/mol. The van der Waals surface area contributed by atoms with Gasteiger partial charge in [0.25, 0.3) is 0 Å². The van der Waals surface area contributed by atoms with Crippen LogP contribution in [0.4, 0.5) is 0 Å². The second kappa shape index (κ2) is 4.74. The number of ketones is 2. The molecule has 2 heteroatoms. The van der Waals surface area contributed by atoms with Gasteiger partial charge >= 0.3 is 0 Å². The summed E-state index contributed by atoms with van der Waals surface area (Å²) < 4.78 is 0. The Balaban J connectivity index is 2.31. The van der Waals surface area contributed by atoms with Gasteiger partial charge in [-0.05, 0) is 11.1 Å². The van der Waals surface area contributed by atoms with E-state index in [2.05, 4.69) is 0 Å². The van der Waals surface area contributed by atoms with Crippen molar-refractivity contribution >= 4 is 11.6 Å². The van der Waals surface area contributed by atoms with Gasteiger partial charge in [-0.1, -0.05) is 54.6 Å². The van der Waals surface area contributed by atoms with E-state index in [1.165, 1.54) is 6.92 Å². The van der Waals surface area contributed by atoms with Gasteiger partial charge in [-0.2, -0.15) is 0 Å². The lowest BCUT2D eigenvalue weighted by Crippen LogP contribution is -2.09. The SMILES string of the molecule is CC(=O)C(=O)c1ccc(-c2ccccc2)cc1. The van der Waals surface area contributed by atoms with Gasteiger partial charge in [-0.25, -0.2) is 0 Å². The maximum absolute atomic E-state index is 11.4. The van der Waals surface area contributed by atoms with E-state index in [0.717, 1.165) is 11.1 Å². The fourth-order valence-electron chi connectivity index (χ4n) is 1.65. The zero-order valence-electron chi connectivity index (χ0n) is 9.51. The number of hydrogen-bond acceptors (Lipinski definition) is 2. The monoisotopic (exact) mass is 224 g/mol. The summed E-state index contributed by atoms with van der Waals surface area (Å²) >= 11 is 0. The van der Waals surface area contributed by atoms with Crippen molar-refractivity contribution in [3.05, 3.63) is 60.2 Å². The number of carbonyl (C=O) groups excluding carboxylic acids is 2. The molecule has 0 spiro atoms. The molecule has 2 aromatic rings. The fourth-order valence-corrected chi connectivity index (χ4v) is 1.65. The summed E-state index contributed by atoms with van der Waals surface area (Å²) in [5.41, 5.74) is 2.57. The minimum absolute atomic E-state index is 0.433. The minimum Gasteiger partial charge on any atom is -0.291 e. The van der Waals surface area contributed by atoms with Gasteiger partial charge in [0.15, 0.2) is 5.78 Å². The van der Waals surface area contributed by atoms with E-state index in [0.29, 0.717) is 5.56 Å². The second-order valence-corrected chi connectivity index (χ2v) is 3.83. The molecule has 2 aromatic carbocycles. The first-order valence-corrected chi connectivity index (χ1v) is 5.39. The summed E-state index contributed by atoms with van der Waals surface area (Å²) in [6, 6.07) is 17.0. The Hall–Kier alpha value is -2.22. The lowest BCUT2D eigenvalue weighted by Gasteiger charge is -2.02. The smallest absolute Gasteiger partial charge is 0.228 e. The summed E-state index contributed by atoms with van der Waals surface area (Å²) in [6.45, 7) is 1.29. The first-order chi connectivity index (χ1) is 8.18. The molecule has 0 radical (unpaired) electrons. The number of carbonyl (C=O) groups is 2. The summed E-state index contributed by atoms with van der Waals surface area (Å²) in [4.78, 5) is 22.4. The van der Waals surface area contributed by atoms with Crippen LogP contribution in [0.2, 0.25) is 0 Å². The molecule has 2 rings (SSSR count). The van der Waals surface area contributed by atoms with Crippen molar-refractivity contribution in [3.63, 3.8) is 0 Å². The maximum Gasteiger partial charge on any atom is 0.228 e. The fraction of sp³-hybridized carbons (Fsp3) is 0.0667. The van der Waals surface area contributed by atoms with Gasteiger partial charge in [0.2, 0.25) is 5.78 Å². The molecule has 0 bridgehead atoms. The second-order valence-electron chi connectivity index (χ2n) is 3.83. The number of rotatable bonds is 3. The molecule has 0 fully saturated rings. The van der Waals surface area contributed by atoms with Crippen molar-refractivity contribution in [2.75, 3.05) is 0 Å². The molecular weight excluding hydrogens is 212 g/mol. The molecule has 0 heterocycles. The summed E-state index contributed by atoms with van der Waals surface area (Å²) in [5.74, 6) is -0.873. The molecule has 0 aliphatic heterocycles. The highest BCUT2D eigenvalue weighted by atomic mass is 16.2. The highest BCUT2D eigenvalue weighted by molar-refractivity contribution is 6.42. The standard InChI is InChI=1S/C15H12O2/c1-11(16)15(17)14-9-7-13(8-10-14)12-5-3-2-4-6-12/h2-10H,1H3. The molecule has 0 aliphatic carbocycles. The molecule has 0 N–H and O–H groups in total. The Morgan fingerprint density at radius 3 is 1.82 bits per heavy atom. The van der Waals surface area contributed by atoms with E-state index in [-0.39, 0.29) is 0 Å². The Morgan fingerprint density at radius 2 is 1.29 bits per heavy atom. The highest BCUT2D eigenvalue weighted by Crippen LogP contribution is 2.19. The Bertz CT molecular complexity index is 539. The van der Waals surface area contributed by atoms with Crippen molar-refractivity contribution in [1.29, 1.82) is 0 Å². The number of benzene rings is 2. The topological polar surface area (TPSA) is 34.1 Å². The quantitative estimate of drug-likeness (QED) is 0.593. The zero-order valence-corrected chi connectivity index (χ0v) is 9.51. The normalized spacial score (nSPS) is 9.94. The summed E-state index contributed by atoms with van der Waals surface area (Å²) in [7, 11) is 0. The van der Waals surface area contributed by atoms with Crippen LogP contribution in [0, 0.1) is 0 Å². The Labute approximate surface area is 99.9 Å². The third-order valence-electron chi connectivity index (χ3n) is 2.57. The van der Waals surface area contributed by atoms with Gasteiger partial charge in [0.05, 0.1) is 0 Å². The summed E-state index contributed by atoms with van der Waals surface area (Å²) in [6.07, 6.45) is 0. The van der Waals surface area contributed by atoms with E-state index in [1.807, 2.05) is 42.5 Å². The zero-order chi connectivity index (χ0) is 12.3. The molecule has 0 amide bonds. The number of hydrogen-bond donors (Lipinski definition) is 0. The number of Topliss-reactive ketones (excluding diaryl/α,β-unsaturated/α-hetero) is 2. The van der Waals surface area contributed by atoms with E-state index in [1.54, 1.807) is 12.1 Å². The van der Waals surface area contributed by atoms with E-state index in [9.17, 15) is 9.59 Å². The van der Waals surface area contributed by atoms with Gasteiger partial charge in [-0.15, -0.1) is 0 Å². The lowest BCUT2D eigenvalue weighted by molar-refractivity contribution is -0.113. The lowest BCUT2D eigenvalue weighted by atomic mass is 10.0. The van der Waals surface area contributed by atoms with Crippen molar-refractivity contribution in [3.8, 4) is 11.1 Å². The summed E-state index contributed by atoms with van der Waals surface area (Å²) in [5, 5.41) is 0. The molecule has 0 saturated heterocycles. The molecule has 2 nitrogen and oxygen atoms in total. The van der Waals surface area contributed by atoms with Crippen LogP contribution in [0.5, 0.6) is 0 Å². The average Bonchev–Trinajstić information content (AvgIpc) is 2.39. The van der Waals surface area contributed by atoms with Crippen molar-refractivity contribution in [2.45, 2.75) is 6.92 Å². The van der Waals surface area contributed by atoms with Gasteiger partial charge in [0, 0.05) is 12.5 Å². The van der Waals surface area contributed by atoms with Crippen LogP contribution in [0.1, 0.15) is 17.3 Å². The molecule has 84 valence electrons. The van der Waals surface area contributed by atoms with E-state index in [4.69, 9.17) is 0 Å². The third kappa shape index (κ3) is 2.48. The van der Waals surface area contributed by atoms with E-state index < -0.39 is 11.6 Å². The van der Waals surface area contributed by atoms with Crippen LogP contribution >= 0.6 is 0 Å². The van der Waals surface area contributed by atoms with Gasteiger partial charge in [0.1, 0.15) is 0 Å². The maximum atomic E-state index is 11.4. The molecule has 0 aromatic heterocycles. The molecular formula is C15H12O2. The minimum atomic E-state index is -0.440. The van der Waals surface area contributed by atoms with Crippen molar-refractivity contribution in [1.82, 2.24) is 0 Å². The largest absolute Gasteiger partial charge is 0.291 e. The van der Waals surface area contributed by atoms with Crippen molar-refractivity contribution < 1.29 is 9.59 Å². The van der Waals surface area contributed by atoms with Crippen LogP contribution < -0.4 is 0 Å². The van der Waals surface area contributed by atoms with Gasteiger partial charge in [-0.3, -0.25) is 9.59 Å². The van der Waals surface area contributed by atoms with Crippen LogP contribution in [-0.4, -0.2) is 11.6 Å². The molecule has 0 saturated carbocycles. The van der Waals surface area contributed by atoms with Crippen LogP contribution in [0.25, 0.3) is 11.1 Å². The highest BCUT2D eigenvalue weighted by Gasteiger charge is 2.10. The Morgan fingerprint density at radius 1 is 0.765 bits per heavy atom. The average molecular weight is 224 g/mol. The van der Waals surface area contributed by atoms with Crippen LogP contribution in [0.3, 0.4) is 0 Å².